The third kappa shape index (κ3) is 3.71. The van der Waals surface area contributed by atoms with Crippen molar-refractivity contribution in [2.45, 2.75) is 39.0 Å². The van der Waals surface area contributed by atoms with Gasteiger partial charge in [-0.05, 0) is 29.5 Å². The number of methoxy groups -OCH3 is 3. The fourth-order valence-electron chi connectivity index (χ4n) is 4.45. The first-order valence-electron chi connectivity index (χ1n) is 9.70. The van der Waals surface area contributed by atoms with Gasteiger partial charge in [0.15, 0.2) is 17.3 Å². The summed E-state index contributed by atoms with van der Waals surface area (Å²) in [6.45, 7) is 4.13. The summed E-state index contributed by atoms with van der Waals surface area (Å²) in [4.78, 5) is 26.3. The molecule has 7 heteroatoms. The lowest BCUT2D eigenvalue weighted by Gasteiger charge is -2.44. The Morgan fingerprint density at radius 1 is 1.00 bits per heavy atom. The molecule has 0 bridgehead atoms. The number of nitrogens with zero attached hydrogens (tertiary/aromatic N) is 2. The van der Waals surface area contributed by atoms with Gasteiger partial charge in [0.25, 0.3) is 0 Å². The zero-order valence-electron chi connectivity index (χ0n) is 18.3. The first kappa shape index (κ1) is 21.2. The second-order valence-corrected chi connectivity index (χ2v) is 8.57. The maximum Gasteiger partial charge on any atom is 0.242 e. The van der Waals surface area contributed by atoms with Crippen molar-refractivity contribution in [3.8, 4) is 17.2 Å². The Labute approximate surface area is 172 Å². The summed E-state index contributed by atoms with van der Waals surface area (Å²) in [6.07, 6.45) is 1.34. The van der Waals surface area contributed by atoms with Gasteiger partial charge >= 0.3 is 0 Å². The van der Waals surface area contributed by atoms with E-state index in [2.05, 4.69) is 13.8 Å². The van der Waals surface area contributed by atoms with Crippen LogP contribution in [0.3, 0.4) is 0 Å². The summed E-state index contributed by atoms with van der Waals surface area (Å²) in [6, 6.07) is 3.67. The molecular weight excluding hydrogens is 372 g/mol. The molecule has 1 aliphatic heterocycles. The van der Waals surface area contributed by atoms with Crippen molar-refractivity contribution >= 4 is 11.7 Å². The minimum atomic E-state index is -0.342. The maximum absolute atomic E-state index is 13.2. The van der Waals surface area contributed by atoms with E-state index < -0.39 is 0 Å². The highest BCUT2D eigenvalue weighted by Crippen LogP contribution is 2.49. The van der Waals surface area contributed by atoms with Gasteiger partial charge in [-0.25, -0.2) is 10.0 Å². The van der Waals surface area contributed by atoms with Crippen LogP contribution in [0.2, 0.25) is 0 Å². The van der Waals surface area contributed by atoms with Gasteiger partial charge in [0.2, 0.25) is 11.7 Å². The molecule has 7 nitrogen and oxygen atoms in total. The molecular formula is C22H30N2O5. The van der Waals surface area contributed by atoms with Gasteiger partial charge in [0, 0.05) is 44.1 Å². The molecule has 0 saturated heterocycles. The van der Waals surface area contributed by atoms with E-state index in [0.717, 1.165) is 11.3 Å². The van der Waals surface area contributed by atoms with Crippen LogP contribution in [-0.2, 0) is 9.59 Å². The number of rotatable bonds is 5. The number of ether oxygens (including phenoxy) is 3. The van der Waals surface area contributed by atoms with Crippen LogP contribution in [0.25, 0.3) is 0 Å². The lowest BCUT2D eigenvalue weighted by atomic mass is 9.69. The summed E-state index contributed by atoms with van der Waals surface area (Å²) in [5.41, 5.74) is 2.13. The molecule has 1 aromatic rings. The summed E-state index contributed by atoms with van der Waals surface area (Å²) >= 11 is 0. The van der Waals surface area contributed by atoms with Crippen LogP contribution >= 0.6 is 0 Å². The molecule has 3 rings (SSSR count). The molecule has 1 atom stereocenters. The number of allylic oxidation sites excluding steroid dienone is 2. The predicted molar refractivity (Wildman–Crippen MR) is 109 cm³/mol. The van der Waals surface area contributed by atoms with E-state index in [-0.39, 0.29) is 29.4 Å². The van der Waals surface area contributed by atoms with Crippen molar-refractivity contribution in [2.75, 3.05) is 35.4 Å². The normalized spacial score (nSPS) is 21.4. The van der Waals surface area contributed by atoms with E-state index in [1.807, 2.05) is 26.2 Å². The van der Waals surface area contributed by atoms with E-state index >= 15 is 0 Å². The maximum atomic E-state index is 13.2. The quantitative estimate of drug-likeness (QED) is 0.754. The van der Waals surface area contributed by atoms with Crippen LogP contribution in [0.1, 0.15) is 44.6 Å². The zero-order chi connectivity index (χ0) is 21.5. The highest BCUT2D eigenvalue weighted by atomic mass is 16.5. The van der Waals surface area contributed by atoms with Crippen LogP contribution in [-0.4, -0.2) is 57.1 Å². The predicted octanol–water partition coefficient (Wildman–Crippen LogP) is 3.15. The Balaban J connectivity index is 2.21. The second kappa shape index (κ2) is 7.71. The number of hydrogen-bond donors (Lipinski definition) is 0. The first-order valence-corrected chi connectivity index (χ1v) is 9.70. The minimum absolute atomic E-state index is 0.0296. The molecule has 29 heavy (non-hydrogen) atoms. The van der Waals surface area contributed by atoms with Gasteiger partial charge < -0.3 is 14.2 Å². The van der Waals surface area contributed by atoms with Crippen LogP contribution in [0.5, 0.6) is 17.2 Å². The minimum Gasteiger partial charge on any atom is -0.493 e. The van der Waals surface area contributed by atoms with Crippen LogP contribution in [0.4, 0.5) is 0 Å². The third-order valence-electron chi connectivity index (χ3n) is 5.60. The number of benzene rings is 1. The fourth-order valence-corrected chi connectivity index (χ4v) is 4.45. The van der Waals surface area contributed by atoms with E-state index in [4.69, 9.17) is 14.2 Å². The molecule has 0 spiro atoms. The van der Waals surface area contributed by atoms with E-state index in [9.17, 15) is 9.59 Å². The molecule has 0 radical (unpaired) electrons. The Morgan fingerprint density at radius 2 is 1.59 bits per heavy atom. The van der Waals surface area contributed by atoms with Crippen molar-refractivity contribution in [3.63, 3.8) is 0 Å². The first-order chi connectivity index (χ1) is 13.6. The van der Waals surface area contributed by atoms with Crippen molar-refractivity contribution < 1.29 is 23.8 Å². The standard InChI is InChI=1S/C22H30N2O5/c1-22(2)11-15-20(16(25)12-22)14(10-19(26)24(15)23(3)4)13-8-17(27-5)21(29-7)18(9-13)28-6/h8-9,14H,10-12H2,1-7H3. The highest BCUT2D eigenvalue weighted by molar-refractivity contribution is 6.02. The lowest BCUT2D eigenvalue weighted by molar-refractivity contribution is -0.143. The molecule has 158 valence electrons. The van der Waals surface area contributed by atoms with Gasteiger partial charge in [-0.1, -0.05) is 13.8 Å². The average molecular weight is 402 g/mol. The van der Waals surface area contributed by atoms with Crippen molar-refractivity contribution in [1.29, 1.82) is 0 Å². The molecule has 1 heterocycles. The van der Waals surface area contributed by atoms with Gasteiger partial charge in [-0.3, -0.25) is 9.59 Å². The summed E-state index contributed by atoms with van der Waals surface area (Å²) in [7, 11) is 8.31. The van der Waals surface area contributed by atoms with Crippen molar-refractivity contribution in [3.05, 3.63) is 29.0 Å². The Morgan fingerprint density at radius 3 is 2.07 bits per heavy atom. The highest BCUT2D eigenvalue weighted by Gasteiger charge is 2.45. The molecule has 0 aromatic heterocycles. The average Bonchev–Trinajstić information content (AvgIpc) is 2.64. The molecule has 1 amide bonds. The lowest BCUT2D eigenvalue weighted by Crippen LogP contribution is -2.49. The molecule has 2 aliphatic rings. The third-order valence-corrected chi connectivity index (χ3v) is 5.60. The van der Waals surface area contributed by atoms with Crippen LogP contribution in [0, 0.1) is 5.41 Å². The Bertz CT molecular complexity index is 847. The second-order valence-electron chi connectivity index (χ2n) is 8.57. The van der Waals surface area contributed by atoms with Crippen LogP contribution in [0.15, 0.2) is 23.4 Å². The van der Waals surface area contributed by atoms with Gasteiger partial charge in [0.1, 0.15) is 0 Å². The molecule has 0 N–H and O–H groups in total. The SMILES string of the molecule is COc1cc(C2CC(=O)N(N(C)C)C3=C2C(=O)CC(C)(C)C3)cc(OC)c1OC. The number of Topliss-reactive ketones (excluding diaryl/α,β-unsaturated/α-hetero) is 1. The molecule has 0 fully saturated rings. The largest absolute Gasteiger partial charge is 0.493 e. The van der Waals surface area contributed by atoms with Crippen molar-refractivity contribution in [1.82, 2.24) is 10.0 Å². The Kier molecular flexibility index (Phi) is 5.63. The molecule has 0 saturated carbocycles. The number of carbonyl (C=O) groups is 2. The van der Waals surface area contributed by atoms with E-state index in [0.29, 0.717) is 35.7 Å². The number of carbonyl (C=O) groups excluding carboxylic acids is 2. The summed E-state index contributed by atoms with van der Waals surface area (Å²) < 4.78 is 16.4. The molecule has 1 aliphatic carbocycles. The van der Waals surface area contributed by atoms with Gasteiger partial charge in [-0.2, -0.15) is 0 Å². The van der Waals surface area contributed by atoms with Gasteiger partial charge in [-0.15, -0.1) is 0 Å². The van der Waals surface area contributed by atoms with E-state index in [1.165, 1.54) is 0 Å². The topological polar surface area (TPSA) is 68.3 Å². The summed E-state index contributed by atoms with van der Waals surface area (Å²) in [5.74, 6) is 1.23. The number of hydrogen-bond acceptors (Lipinski definition) is 6. The fraction of sp³-hybridized carbons (Fsp3) is 0.545. The van der Waals surface area contributed by atoms with E-state index in [1.54, 1.807) is 31.3 Å². The summed E-state index contributed by atoms with van der Waals surface area (Å²) in [5, 5.41) is 3.42. The van der Waals surface area contributed by atoms with Gasteiger partial charge in [0.05, 0.1) is 21.3 Å². The number of amides is 1. The number of ketones is 1. The Hall–Kier alpha value is -2.54. The monoisotopic (exact) mass is 402 g/mol. The number of hydrazine groups is 1. The zero-order valence-corrected chi connectivity index (χ0v) is 18.3. The smallest absolute Gasteiger partial charge is 0.242 e. The molecule has 1 aromatic carbocycles. The molecule has 1 unspecified atom stereocenters. The van der Waals surface area contributed by atoms with Crippen LogP contribution < -0.4 is 14.2 Å². The van der Waals surface area contributed by atoms with Crippen molar-refractivity contribution in [2.24, 2.45) is 5.41 Å².